The Morgan fingerprint density at radius 2 is 1.96 bits per heavy atom. The Bertz CT molecular complexity index is 517. The number of nitrogens with zero attached hydrogens (tertiary/aromatic N) is 2. The summed E-state index contributed by atoms with van der Waals surface area (Å²) in [4.78, 5) is 13.9. The van der Waals surface area contributed by atoms with Gasteiger partial charge in [-0.2, -0.15) is 4.31 Å². The Morgan fingerprint density at radius 3 is 2.50 bits per heavy atom. The molecule has 2 fully saturated rings. The highest BCUT2D eigenvalue weighted by Gasteiger charge is 2.31. The first-order valence-corrected chi connectivity index (χ1v) is 10.2. The molecule has 2 heterocycles. The Kier molecular flexibility index (Phi) is 6.85. The first-order chi connectivity index (χ1) is 11.3. The van der Waals surface area contributed by atoms with E-state index in [9.17, 15) is 13.2 Å². The summed E-state index contributed by atoms with van der Waals surface area (Å²) in [5, 5.41) is 2.97. The van der Waals surface area contributed by atoms with E-state index in [0.29, 0.717) is 32.8 Å². The number of urea groups is 1. The van der Waals surface area contributed by atoms with Gasteiger partial charge in [0.2, 0.25) is 10.0 Å². The minimum Gasteiger partial charge on any atom is -0.378 e. The number of carbonyl (C=O) groups excluding carboxylic acids is 1. The highest BCUT2D eigenvalue weighted by atomic mass is 32.2. The predicted octanol–water partition coefficient (Wildman–Crippen LogP) is 0.246. The van der Waals surface area contributed by atoms with Gasteiger partial charge in [-0.1, -0.05) is 0 Å². The largest absolute Gasteiger partial charge is 0.378 e. The summed E-state index contributed by atoms with van der Waals surface area (Å²) in [5.41, 5.74) is 0. The number of nitrogens with one attached hydrogen (secondary N) is 1. The molecule has 1 N–H and O–H groups in total. The van der Waals surface area contributed by atoms with Crippen molar-refractivity contribution in [3.63, 3.8) is 0 Å². The maximum absolute atomic E-state index is 12.3. The number of carbonyl (C=O) groups is 1. The highest BCUT2D eigenvalue weighted by molar-refractivity contribution is 7.89. The van der Waals surface area contributed by atoms with E-state index in [-0.39, 0.29) is 36.6 Å². The number of hydrogen-bond acceptors (Lipinski definition) is 5. The van der Waals surface area contributed by atoms with Gasteiger partial charge in [0.25, 0.3) is 0 Å². The van der Waals surface area contributed by atoms with E-state index in [1.165, 1.54) is 4.31 Å². The lowest BCUT2D eigenvalue weighted by molar-refractivity contribution is 0.0903. The highest BCUT2D eigenvalue weighted by Crippen LogP contribution is 2.14. The molecule has 8 nitrogen and oxygen atoms in total. The third-order valence-corrected chi connectivity index (χ3v) is 6.23. The summed E-state index contributed by atoms with van der Waals surface area (Å²) in [6.07, 6.45) is 0.858. The van der Waals surface area contributed by atoms with Gasteiger partial charge in [-0.3, -0.25) is 0 Å². The standard InChI is InChI=1S/C15H29N3O5S/c1-12(2)22-10-11-24(20,21)18-7-5-17(6-8-18)15(19)16-14-4-9-23-13(14)3/h12-14H,4-11H2,1-3H3,(H,16,19)/t13-,14-/m1/s1. The molecule has 0 aliphatic carbocycles. The van der Waals surface area contributed by atoms with Crippen molar-refractivity contribution in [1.82, 2.24) is 14.5 Å². The third kappa shape index (κ3) is 5.30. The molecule has 0 bridgehead atoms. The Hall–Kier alpha value is -0.900. The average Bonchev–Trinajstić information content (AvgIpc) is 2.92. The second-order valence-corrected chi connectivity index (χ2v) is 8.63. The normalized spacial score (nSPS) is 26.1. The molecule has 140 valence electrons. The zero-order valence-corrected chi connectivity index (χ0v) is 15.5. The number of amides is 2. The molecule has 2 saturated heterocycles. The second kappa shape index (κ2) is 8.46. The van der Waals surface area contributed by atoms with E-state index in [0.717, 1.165) is 6.42 Å². The van der Waals surface area contributed by atoms with Crippen molar-refractivity contribution >= 4 is 16.1 Å². The van der Waals surface area contributed by atoms with E-state index in [4.69, 9.17) is 9.47 Å². The van der Waals surface area contributed by atoms with Gasteiger partial charge in [0.05, 0.1) is 30.6 Å². The Balaban J connectivity index is 1.76. The first-order valence-electron chi connectivity index (χ1n) is 8.56. The molecule has 2 atom stereocenters. The molecule has 2 amide bonds. The summed E-state index contributed by atoms with van der Waals surface area (Å²) in [6, 6.07) is -0.106. The SMILES string of the molecule is CC(C)OCCS(=O)(=O)N1CCN(C(=O)N[C@@H]2CCO[C@@H]2C)CC1. The fourth-order valence-corrected chi connectivity index (χ4v) is 4.14. The summed E-state index contributed by atoms with van der Waals surface area (Å²) in [7, 11) is -3.33. The van der Waals surface area contributed by atoms with Crippen LogP contribution in [0.3, 0.4) is 0 Å². The van der Waals surface area contributed by atoms with Crippen LogP contribution in [0.4, 0.5) is 4.79 Å². The first kappa shape index (κ1) is 19.4. The number of ether oxygens (including phenoxy) is 2. The number of hydrogen-bond donors (Lipinski definition) is 1. The van der Waals surface area contributed by atoms with Crippen LogP contribution in [0.15, 0.2) is 0 Å². The fraction of sp³-hybridized carbons (Fsp3) is 0.933. The van der Waals surface area contributed by atoms with Crippen LogP contribution in [0.2, 0.25) is 0 Å². The van der Waals surface area contributed by atoms with Gasteiger partial charge < -0.3 is 19.7 Å². The monoisotopic (exact) mass is 363 g/mol. The molecule has 2 rings (SSSR count). The van der Waals surface area contributed by atoms with Gasteiger partial charge >= 0.3 is 6.03 Å². The molecular weight excluding hydrogens is 334 g/mol. The summed E-state index contributed by atoms with van der Waals surface area (Å²) < 4.78 is 36.8. The van der Waals surface area contributed by atoms with Gasteiger partial charge in [-0.25, -0.2) is 13.2 Å². The maximum atomic E-state index is 12.3. The smallest absolute Gasteiger partial charge is 0.317 e. The quantitative estimate of drug-likeness (QED) is 0.731. The van der Waals surface area contributed by atoms with Crippen LogP contribution in [0.25, 0.3) is 0 Å². The summed E-state index contributed by atoms with van der Waals surface area (Å²) in [5.74, 6) is -0.0195. The van der Waals surface area contributed by atoms with E-state index in [2.05, 4.69) is 5.32 Å². The van der Waals surface area contributed by atoms with Crippen LogP contribution in [0, 0.1) is 0 Å². The molecule has 2 aliphatic heterocycles. The second-order valence-electron chi connectivity index (χ2n) is 6.54. The van der Waals surface area contributed by atoms with Gasteiger partial charge in [0.15, 0.2) is 0 Å². The number of rotatable bonds is 6. The van der Waals surface area contributed by atoms with Crippen LogP contribution in [0.5, 0.6) is 0 Å². The van der Waals surface area contributed by atoms with Gasteiger partial charge in [-0.15, -0.1) is 0 Å². The predicted molar refractivity (Wildman–Crippen MR) is 90.4 cm³/mol. The molecule has 9 heteroatoms. The molecular formula is C15H29N3O5S. The molecule has 0 radical (unpaired) electrons. The molecule has 0 spiro atoms. The zero-order valence-electron chi connectivity index (χ0n) is 14.7. The zero-order chi connectivity index (χ0) is 17.7. The average molecular weight is 363 g/mol. The lowest BCUT2D eigenvalue weighted by atomic mass is 10.2. The van der Waals surface area contributed by atoms with Crippen molar-refractivity contribution in [3.8, 4) is 0 Å². The van der Waals surface area contributed by atoms with Crippen molar-refractivity contribution in [3.05, 3.63) is 0 Å². The fourth-order valence-electron chi connectivity index (χ4n) is 2.86. The molecule has 0 saturated carbocycles. The van der Waals surface area contributed by atoms with Crippen LogP contribution in [-0.4, -0.2) is 87.0 Å². The van der Waals surface area contributed by atoms with Gasteiger partial charge in [0, 0.05) is 32.8 Å². The third-order valence-electron chi connectivity index (χ3n) is 4.40. The van der Waals surface area contributed by atoms with Gasteiger partial charge in [0.1, 0.15) is 0 Å². The van der Waals surface area contributed by atoms with Crippen LogP contribution in [-0.2, 0) is 19.5 Å². The van der Waals surface area contributed by atoms with Crippen molar-refractivity contribution < 1.29 is 22.7 Å². The Labute approximate surface area is 144 Å². The lowest BCUT2D eigenvalue weighted by Gasteiger charge is -2.34. The minimum atomic E-state index is -3.33. The van der Waals surface area contributed by atoms with Crippen molar-refractivity contribution in [2.75, 3.05) is 45.1 Å². The van der Waals surface area contributed by atoms with Gasteiger partial charge in [-0.05, 0) is 27.2 Å². The molecule has 0 aromatic heterocycles. The number of sulfonamides is 1. The molecule has 0 aromatic carbocycles. The van der Waals surface area contributed by atoms with Crippen molar-refractivity contribution in [2.24, 2.45) is 0 Å². The van der Waals surface area contributed by atoms with E-state index < -0.39 is 10.0 Å². The van der Waals surface area contributed by atoms with Crippen molar-refractivity contribution in [2.45, 2.75) is 45.4 Å². The Morgan fingerprint density at radius 1 is 1.29 bits per heavy atom. The number of piperazine rings is 1. The van der Waals surface area contributed by atoms with E-state index in [1.54, 1.807) is 4.90 Å². The topological polar surface area (TPSA) is 88.2 Å². The maximum Gasteiger partial charge on any atom is 0.317 e. The minimum absolute atomic E-state index is 0.0164. The van der Waals surface area contributed by atoms with Crippen LogP contribution >= 0.6 is 0 Å². The molecule has 2 aliphatic rings. The molecule has 24 heavy (non-hydrogen) atoms. The van der Waals surface area contributed by atoms with E-state index >= 15 is 0 Å². The van der Waals surface area contributed by atoms with E-state index in [1.807, 2.05) is 20.8 Å². The van der Waals surface area contributed by atoms with Crippen LogP contribution in [0.1, 0.15) is 27.2 Å². The molecule has 0 unspecified atom stereocenters. The lowest BCUT2D eigenvalue weighted by Crippen LogP contribution is -2.55. The van der Waals surface area contributed by atoms with Crippen molar-refractivity contribution in [1.29, 1.82) is 0 Å². The van der Waals surface area contributed by atoms with Crippen LogP contribution < -0.4 is 5.32 Å². The summed E-state index contributed by atoms with van der Waals surface area (Å²) in [6.45, 7) is 8.01. The summed E-state index contributed by atoms with van der Waals surface area (Å²) >= 11 is 0. The molecule has 0 aromatic rings.